The maximum atomic E-state index is 12.8. The number of likely N-dealkylation sites (tertiary alicyclic amines) is 1. The van der Waals surface area contributed by atoms with Crippen LogP contribution in [0, 0.1) is 0 Å². The lowest BCUT2D eigenvalue weighted by Gasteiger charge is -2.36. The molecule has 148 valence electrons. The topological polar surface area (TPSA) is 96.0 Å². The van der Waals surface area contributed by atoms with Gasteiger partial charge in [-0.25, -0.2) is 8.42 Å². The van der Waals surface area contributed by atoms with Crippen molar-refractivity contribution in [2.75, 3.05) is 45.9 Å². The van der Waals surface area contributed by atoms with Gasteiger partial charge in [0.2, 0.25) is 15.9 Å². The molecule has 2 saturated heterocycles. The number of carbonyl (C=O) groups excluding carboxylic acids is 2. The van der Waals surface area contributed by atoms with E-state index in [9.17, 15) is 18.0 Å². The highest BCUT2D eigenvalue weighted by Crippen LogP contribution is 2.21. The lowest BCUT2D eigenvalue weighted by Crippen LogP contribution is -2.53. The van der Waals surface area contributed by atoms with Crippen molar-refractivity contribution in [2.24, 2.45) is 0 Å². The van der Waals surface area contributed by atoms with Crippen molar-refractivity contribution >= 4 is 21.8 Å². The highest BCUT2D eigenvalue weighted by molar-refractivity contribution is 7.89. The summed E-state index contributed by atoms with van der Waals surface area (Å²) < 4.78 is 32.3. The van der Waals surface area contributed by atoms with Crippen LogP contribution in [-0.4, -0.2) is 80.6 Å². The molecule has 1 N–H and O–H groups in total. The predicted molar refractivity (Wildman–Crippen MR) is 99.7 cm³/mol. The third-order valence-corrected chi connectivity index (χ3v) is 7.23. The Kier molecular flexibility index (Phi) is 6.46. The first kappa shape index (κ1) is 19.8. The molecule has 9 heteroatoms. The van der Waals surface area contributed by atoms with Crippen molar-refractivity contribution in [3.63, 3.8) is 0 Å². The minimum atomic E-state index is -3.45. The molecule has 1 aromatic carbocycles. The van der Waals surface area contributed by atoms with Crippen LogP contribution in [0.3, 0.4) is 0 Å². The quantitative estimate of drug-likeness (QED) is 0.761. The Labute approximate surface area is 159 Å². The van der Waals surface area contributed by atoms with E-state index in [1.54, 1.807) is 24.3 Å². The van der Waals surface area contributed by atoms with Gasteiger partial charge < -0.3 is 15.0 Å². The fourth-order valence-corrected chi connectivity index (χ4v) is 5.29. The molecule has 3 rings (SSSR count). The fraction of sp³-hybridized carbons (Fsp3) is 0.556. The maximum Gasteiger partial charge on any atom is 0.251 e. The molecule has 0 aromatic heterocycles. The van der Waals surface area contributed by atoms with Crippen LogP contribution in [0.25, 0.3) is 0 Å². The van der Waals surface area contributed by atoms with E-state index in [2.05, 4.69) is 5.32 Å². The predicted octanol–water partition coefficient (Wildman–Crippen LogP) is 0.0694. The van der Waals surface area contributed by atoms with Crippen LogP contribution in [0.2, 0.25) is 0 Å². The van der Waals surface area contributed by atoms with Crippen molar-refractivity contribution in [2.45, 2.75) is 18.1 Å². The number of ether oxygens (including phenoxy) is 1. The van der Waals surface area contributed by atoms with Gasteiger partial charge in [-0.2, -0.15) is 4.31 Å². The molecule has 8 nitrogen and oxygen atoms in total. The summed E-state index contributed by atoms with van der Waals surface area (Å²) in [5.74, 6) is -0.584. The number of sulfonamides is 1. The van der Waals surface area contributed by atoms with Gasteiger partial charge in [0.15, 0.2) is 0 Å². The van der Waals surface area contributed by atoms with Gasteiger partial charge in [0, 0.05) is 31.7 Å². The van der Waals surface area contributed by atoms with Gasteiger partial charge in [-0.15, -0.1) is 0 Å². The SMILES string of the molecule is O=C(NCC(=O)N1CCC[C@H](S(=O)(=O)N2CCOCC2)C1)c1ccccc1. The van der Waals surface area contributed by atoms with E-state index in [0.717, 1.165) is 0 Å². The summed E-state index contributed by atoms with van der Waals surface area (Å²) in [6, 6.07) is 8.66. The average molecular weight is 395 g/mol. The standard InChI is InChI=1S/C18H25N3O5S/c22-17(13-19-18(23)15-5-2-1-3-6-15)20-8-4-7-16(14-20)27(24,25)21-9-11-26-12-10-21/h1-3,5-6,16H,4,7-14H2,(H,19,23)/t16-/m0/s1. The molecule has 0 saturated carbocycles. The first-order valence-electron chi connectivity index (χ1n) is 9.16. The number of piperidine rings is 1. The number of carbonyl (C=O) groups is 2. The third kappa shape index (κ3) is 4.85. The zero-order valence-electron chi connectivity index (χ0n) is 15.2. The van der Waals surface area contributed by atoms with Gasteiger partial charge in [0.1, 0.15) is 0 Å². The highest BCUT2D eigenvalue weighted by atomic mass is 32.2. The van der Waals surface area contributed by atoms with E-state index >= 15 is 0 Å². The number of nitrogens with zero attached hydrogens (tertiary/aromatic N) is 2. The molecule has 2 aliphatic rings. The Morgan fingerprint density at radius 1 is 1.11 bits per heavy atom. The molecule has 1 atom stereocenters. The van der Waals surface area contributed by atoms with Crippen LogP contribution in [0.1, 0.15) is 23.2 Å². The molecule has 0 bridgehead atoms. The summed E-state index contributed by atoms with van der Waals surface area (Å²) in [6.07, 6.45) is 1.17. The number of hydrogen-bond donors (Lipinski definition) is 1. The molecule has 2 aliphatic heterocycles. The minimum absolute atomic E-state index is 0.141. The Bertz CT molecular complexity index is 762. The van der Waals surface area contributed by atoms with Crippen LogP contribution >= 0.6 is 0 Å². The Morgan fingerprint density at radius 2 is 1.81 bits per heavy atom. The van der Waals surface area contributed by atoms with Gasteiger partial charge >= 0.3 is 0 Å². The van der Waals surface area contributed by atoms with Crippen LogP contribution in [0.4, 0.5) is 0 Å². The van der Waals surface area contributed by atoms with Gasteiger partial charge in [0.25, 0.3) is 5.91 Å². The van der Waals surface area contributed by atoms with E-state index in [1.807, 2.05) is 6.07 Å². The van der Waals surface area contributed by atoms with Gasteiger partial charge in [-0.1, -0.05) is 18.2 Å². The summed E-state index contributed by atoms with van der Waals surface area (Å²) in [4.78, 5) is 26.1. The van der Waals surface area contributed by atoms with Crippen LogP contribution in [0.15, 0.2) is 30.3 Å². The number of morpholine rings is 1. The maximum absolute atomic E-state index is 12.8. The first-order valence-corrected chi connectivity index (χ1v) is 10.7. The van der Waals surface area contributed by atoms with E-state index in [4.69, 9.17) is 4.74 Å². The summed E-state index contributed by atoms with van der Waals surface area (Å²) in [5.41, 5.74) is 0.483. The number of benzene rings is 1. The van der Waals surface area contributed by atoms with Crippen molar-refractivity contribution in [1.82, 2.24) is 14.5 Å². The van der Waals surface area contributed by atoms with E-state index in [-0.39, 0.29) is 24.9 Å². The lowest BCUT2D eigenvalue weighted by atomic mass is 10.1. The molecular formula is C18H25N3O5S. The molecule has 0 spiro atoms. The van der Waals surface area contributed by atoms with Gasteiger partial charge in [-0.05, 0) is 25.0 Å². The third-order valence-electron chi connectivity index (χ3n) is 4.92. The fourth-order valence-electron chi connectivity index (χ4n) is 3.38. The second-order valence-electron chi connectivity index (χ2n) is 6.71. The van der Waals surface area contributed by atoms with E-state index in [1.165, 1.54) is 9.21 Å². The number of nitrogens with one attached hydrogen (secondary N) is 1. The monoisotopic (exact) mass is 395 g/mol. The zero-order chi connectivity index (χ0) is 19.3. The molecule has 2 amide bonds. The molecular weight excluding hydrogens is 370 g/mol. The van der Waals surface area contributed by atoms with Gasteiger partial charge in [0.05, 0.1) is 25.0 Å². The summed E-state index contributed by atoms with van der Waals surface area (Å²) in [7, 11) is -3.45. The second-order valence-corrected chi connectivity index (χ2v) is 8.92. The number of hydrogen-bond acceptors (Lipinski definition) is 5. The smallest absolute Gasteiger partial charge is 0.251 e. The molecule has 0 radical (unpaired) electrons. The van der Waals surface area contributed by atoms with Gasteiger partial charge in [-0.3, -0.25) is 9.59 Å². The molecule has 0 aliphatic carbocycles. The average Bonchev–Trinajstić information content (AvgIpc) is 2.73. The van der Waals surface area contributed by atoms with Crippen LogP contribution in [0.5, 0.6) is 0 Å². The Morgan fingerprint density at radius 3 is 2.52 bits per heavy atom. The number of amides is 2. The minimum Gasteiger partial charge on any atom is -0.379 e. The Balaban J connectivity index is 1.55. The van der Waals surface area contributed by atoms with Crippen molar-refractivity contribution in [3.05, 3.63) is 35.9 Å². The zero-order valence-corrected chi connectivity index (χ0v) is 16.0. The number of rotatable bonds is 5. The largest absolute Gasteiger partial charge is 0.379 e. The summed E-state index contributed by atoms with van der Waals surface area (Å²) in [5, 5.41) is 2.01. The molecule has 2 heterocycles. The van der Waals surface area contributed by atoms with Crippen LogP contribution in [-0.2, 0) is 19.6 Å². The summed E-state index contributed by atoms with van der Waals surface area (Å²) in [6.45, 7) is 2.06. The molecule has 0 unspecified atom stereocenters. The Hall–Kier alpha value is -1.97. The van der Waals surface area contributed by atoms with E-state index in [0.29, 0.717) is 51.3 Å². The lowest BCUT2D eigenvalue weighted by molar-refractivity contribution is -0.130. The summed E-state index contributed by atoms with van der Waals surface area (Å²) >= 11 is 0. The molecule has 1 aromatic rings. The second kappa shape index (κ2) is 8.81. The molecule has 27 heavy (non-hydrogen) atoms. The van der Waals surface area contributed by atoms with Crippen LogP contribution < -0.4 is 5.32 Å². The van der Waals surface area contributed by atoms with Crippen molar-refractivity contribution < 1.29 is 22.7 Å². The normalized spacial score (nSPS) is 21.6. The molecule has 2 fully saturated rings. The first-order chi connectivity index (χ1) is 13.0. The van der Waals surface area contributed by atoms with Crippen molar-refractivity contribution in [1.29, 1.82) is 0 Å². The van der Waals surface area contributed by atoms with Crippen molar-refractivity contribution in [3.8, 4) is 0 Å². The highest BCUT2D eigenvalue weighted by Gasteiger charge is 2.37. The van der Waals surface area contributed by atoms with E-state index < -0.39 is 15.3 Å².